The number of carbonyl (C=O) groups excluding carboxylic acids is 1. The molecule has 136 valence electrons. The third-order valence-electron chi connectivity index (χ3n) is 4.43. The van der Waals surface area contributed by atoms with Gasteiger partial charge < -0.3 is 24.8 Å². The Hall–Kier alpha value is -2.42. The summed E-state index contributed by atoms with van der Waals surface area (Å²) < 4.78 is 7.34. The van der Waals surface area contributed by atoms with Gasteiger partial charge in [-0.3, -0.25) is 0 Å². The second kappa shape index (κ2) is 8.11. The largest absolute Gasteiger partial charge is 0.449 e. The molecule has 3 rings (SSSR count). The number of nitrogens with two attached hydrogens (primary N) is 1. The van der Waals surface area contributed by atoms with E-state index in [1.54, 1.807) is 11.2 Å². The molecule has 25 heavy (non-hydrogen) atoms. The molecule has 2 aromatic heterocycles. The summed E-state index contributed by atoms with van der Waals surface area (Å²) in [4.78, 5) is 28.5. The molecular weight excluding hydrogens is 322 g/mol. The van der Waals surface area contributed by atoms with Gasteiger partial charge in [-0.2, -0.15) is 0 Å². The Kier molecular flexibility index (Phi) is 5.64. The predicted octanol–water partition coefficient (Wildman–Crippen LogP) is 0.963. The van der Waals surface area contributed by atoms with Crippen LogP contribution in [0.25, 0.3) is 11.2 Å². The van der Waals surface area contributed by atoms with E-state index < -0.39 is 0 Å². The number of carbonyl (C=O) groups is 1. The van der Waals surface area contributed by atoms with Crippen molar-refractivity contribution in [3.05, 3.63) is 12.7 Å². The molecule has 0 saturated carbocycles. The van der Waals surface area contributed by atoms with Crippen molar-refractivity contribution in [1.29, 1.82) is 0 Å². The van der Waals surface area contributed by atoms with Gasteiger partial charge >= 0.3 is 6.09 Å². The lowest BCUT2D eigenvalue weighted by Crippen LogP contribution is -2.35. The fourth-order valence-corrected chi connectivity index (χ4v) is 2.93. The first-order valence-corrected chi connectivity index (χ1v) is 8.66. The number of hydrogen-bond acceptors (Lipinski definition) is 7. The Bertz CT molecular complexity index is 718. The molecule has 1 amide bonds. The molecule has 1 fully saturated rings. The van der Waals surface area contributed by atoms with Gasteiger partial charge in [0.05, 0.1) is 12.9 Å². The normalized spacial score (nSPS) is 16.1. The van der Waals surface area contributed by atoms with Crippen molar-refractivity contribution in [3.63, 3.8) is 0 Å². The van der Waals surface area contributed by atoms with Crippen LogP contribution in [0.1, 0.15) is 19.3 Å². The highest BCUT2D eigenvalue weighted by Crippen LogP contribution is 2.14. The summed E-state index contributed by atoms with van der Waals surface area (Å²) in [7, 11) is 2.08. The number of aromatic nitrogens is 4. The topological polar surface area (TPSA) is 102 Å². The molecule has 0 aromatic carbocycles. The fourth-order valence-electron chi connectivity index (χ4n) is 2.93. The van der Waals surface area contributed by atoms with Crippen LogP contribution in [0.2, 0.25) is 0 Å². The summed E-state index contributed by atoms with van der Waals surface area (Å²) in [6.45, 7) is 4.60. The zero-order valence-electron chi connectivity index (χ0n) is 14.6. The summed E-state index contributed by atoms with van der Waals surface area (Å²) in [6.07, 6.45) is 5.60. The number of unbranched alkanes of at least 4 members (excludes halogenated alkanes) is 1. The number of rotatable bonds is 5. The molecule has 0 unspecified atom stereocenters. The molecule has 1 aliphatic rings. The van der Waals surface area contributed by atoms with E-state index in [4.69, 9.17) is 10.5 Å². The Morgan fingerprint density at radius 1 is 1.20 bits per heavy atom. The van der Waals surface area contributed by atoms with Crippen molar-refractivity contribution >= 4 is 23.1 Å². The van der Waals surface area contributed by atoms with E-state index in [9.17, 15) is 4.79 Å². The molecule has 9 heteroatoms. The van der Waals surface area contributed by atoms with Gasteiger partial charge in [0.2, 0.25) is 0 Å². The number of amides is 1. The third-order valence-corrected chi connectivity index (χ3v) is 4.43. The number of fused-ring (bicyclic) bond motifs is 1. The number of hydrogen-bond donors (Lipinski definition) is 1. The quantitative estimate of drug-likeness (QED) is 0.804. The monoisotopic (exact) mass is 347 g/mol. The molecule has 1 saturated heterocycles. The average molecular weight is 347 g/mol. The molecular formula is C16H25N7O2. The number of nitrogens with zero attached hydrogens (tertiary/aromatic N) is 6. The first-order chi connectivity index (χ1) is 12.1. The van der Waals surface area contributed by atoms with Crippen molar-refractivity contribution in [2.24, 2.45) is 0 Å². The summed E-state index contributed by atoms with van der Waals surface area (Å²) in [5.74, 6) is 0.390. The van der Waals surface area contributed by atoms with Crippen LogP contribution >= 0.6 is 0 Å². The number of ether oxygens (including phenoxy) is 1. The van der Waals surface area contributed by atoms with Crippen LogP contribution in [0.3, 0.4) is 0 Å². The van der Waals surface area contributed by atoms with Crippen molar-refractivity contribution in [3.8, 4) is 0 Å². The lowest BCUT2D eigenvalue weighted by atomic mass is 10.3. The number of anilines is 1. The van der Waals surface area contributed by atoms with Crippen molar-refractivity contribution in [2.45, 2.75) is 25.8 Å². The van der Waals surface area contributed by atoms with Gasteiger partial charge in [-0.1, -0.05) is 0 Å². The number of nitrogen functional groups attached to an aromatic ring is 1. The lowest BCUT2D eigenvalue weighted by molar-refractivity contribution is 0.102. The van der Waals surface area contributed by atoms with E-state index in [0.29, 0.717) is 17.9 Å². The second-order valence-corrected chi connectivity index (χ2v) is 6.33. The molecule has 0 atom stereocenters. The summed E-state index contributed by atoms with van der Waals surface area (Å²) in [5, 5.41) is 0. The summed E-state index contributed by atoms with van der Waals surface area (Å²) >= 11 is 0. The highest BCUT2D eigenvalue weighted by atomic mass is 16.6. The van der Waals surface area contributed by atoms with E-state index in [1.165, 1.54) is 6.33 Å². The van der Waals surface area contributed by atoms with E-state index in [-0.39, 0.29) is 6.09 Å². The van der Waals surface area contributed by atoms with Crippen LogP contribution in [0.5, 0.6) is 0 Å². The Labute approximate surface area is 146 Å². The minimum atomic E-state index is -0.205. The minimum Gasteiger partial charge on any atom is -0.449 e. The van der Waals surface area contributed by atoms with E-state index in [2.05, 4.69) is 26.9 Å². The molecule has 2 aromatic rings. The SMILES string of the molecule is CN1CCCN(C(=O)OCCCCn2cnc3c(N)ncnc32)CC1. The maximum Gasteiger partial charge on any atom is 0.409 e. The number of imidazole rings is 1. The maximum absolute atomic E-state index is 12.1. The van der Waals surface area contributed by atoms with Gasteiger partial charge in [0, 0.05) is 26.2 Å². The van der Waals surface area contributed by atoms with Crippen molar-refractivity contribution in [1.82, 2.24) is 29.3 Å². The molecule has 1 aliphatic heterocycles. The zero-order valence-corrected chi connectivity index (χ0v) is 14.6. The summed E-state index contributed by atoms with van der Waals surface area (Å²) in [6, 6.07) is 0. The standard InChI is InChI=1S/C16H25N7O2/c1-21-5-4-7-22(9-8-21)16(24)25-10-3-2-6-23-12-20-13-14(17)18-11-19-15(13)23/h11-12H,2-10H2,1H3,(H2,17,18,19). The predicted molar refractivity (Wildman–Crippen MR) is 94.0 cm³/mol. The smallest absolute Gasteiger partial charge is 0.409 e. The van der Waals surface area contributed by atoms with Gasteiger partial charge in [0.25, 0.3) is 0 Å². The van der Waals surface area contributed by atoms with Crippen LogP contribution < -0.4 is 5.73 Å². The second-order valence-electron chi connectivity index (χ2n) is 6.33. The van der Waals surface area contributed by atoms with E-state index in [1.807, 2.05) is 4.57 Å². The van der Waals surface area contributed by atoms with Crippen LogP contribution in [0.15, 0.2) is 12.7 Å². The first-order valence-electron chi connectivity index (χ1n) is 8.66. The molecule has 3 heterocycles. The average Bonchev–Trinajstić information content (AvgIpc) is 2.89. The van der Waals surface area contributed by atoms with Gasteiger partial charge in [-0.25, -0.2) is 19.7 Å². The Morgan fingerprint density at radius 3 is 2.96 bits per heavy atom. The Balaban J connectivity index is 1.39. The number of likely N-dealkylation sites (N-methyl/N-ethyl adjacent to an activating group) is 1. The molecule has 0 bridgehead atoms. The number of aryl methyl sites for hydroxylation is 1. The van der Waals surface area contributed by atoms with Crippen LogP contribution in [-0.2, 0) is 11.3 Å². The highest BCUT2D eigenvalue weighted by Gasteiger charge is 2.18. The molecule has 9 nitrogen and oxygen atoms in total. The first kappa shape index (κ1) is 17.4. The van der Waals surface area contributed by atoms with Crippen LogP contribution in [0.4, 0.5) is 10.6 Å². The highest BCUT2D eigenvalue weighted by molar-refractivity contribution is 5.81. The molecule has 0 radical (unpaired) electrons. The molecule has 0 aliphatic carbocycles. The van der Waals surface area contributed by atoms with Gasteiger partial charge in [-0.05, 0) is 32.9 Å². The Morgan fingerprint density at radius 2 is 2.08 bits per heavy atom. The van der Waals surface area contributed by atoms with Crippen LogP contribution in [-0.4, -0.2) is 75.2 Å². The third kappa shape index (κ3) is 4.36. The summed E-state index contributed by atoms with van der Waals surface area (Å²) in [5.41, 5.74) is 7.14. The van der Waals surface area contributed by atoms with Crippen LogP contribution in [0, 0.1) is 0 Å². The molecule has 0 spiro atoms. The van der Waals surface area contributed by atoms with Gasteiger partial charge in [0.1, 0.15) is 11.8 Å². The lowest BCUT2D eigenvalue weighted by Gasteiger charge is -2.19. The fraction of sp³-hybridized carbons (Fsp3) is 0.625. The van der Waals surface area contributed by atoms with Gasteiger partial charge in [-0.15, -0.1) is 0 Å². The molecule has 2 N–H and O–H groups in total. The van der Waals surface area contributed by atoms with E-state index >= 15 is 0 Å². The zero-order chi connectivity index (χ0) is 17.6. The van der Waals surface area contributed by atoms with Gasteiger partial charge in [0.15, 0.2) is 11.5 Å². The minimum absolute atomic E-state index is 0.205. The maximum atomic E-state index is 12.1. The van der Waals surface area contributed by atoms with Crippen molar-refractivity contribution < 1.29 is 9.53 Å². The van der Waals surface area contributed by atoms with E-state index in [0.717, 1.165) is 57.6 Å². The van der Waals surface area contributed by atoms with Crippen molar-refractivity contribution in [2.75, 3.05) is 45.6 Å².